The predicted octanol–water partition coefficient (Wildman–Crippen LogP) is 4.45. The number of hydrogen-bond acceptors (Lipinski definition) is 7. The summed E-state index contributed by atoms with van der Waals surface area (Å²) in [6.07, 6.45) is -0.860. The number of aromatic nitrogens is 4. The van der Waals surface area contributed by atoms with Crippen LogP contribution in [0.25, 0.3) is 17.0 Å². The highest BCUT2D eigenvalue weighted by Gasteiger charge is 2.16. The molecule has 4 aromatic rings. The average molecular weight is 482 g/mol. The largest absolute Gasteiger partial charge is 0.491 e. The van der Waals surface area contributed by atoms with E-state index in [-0.39, 0.29) is 30.5 Å². The molecule has 0 radical (unpaired) electrons. The third-order valence-electron chi connectivity index (χ3n) is 5.33. The minimum absolute atomic E-state index is 0.00902. The molecule has 0 bridgehead atoms. The first-order chi connectivity index (χ1) is 16.1. The zero-order valence-corrected chi connectivity index (χ0v) is 20.4. The zero-order valence-electron chi connectivity index (χ0n) is 19.6. The normalized spacial score (nSPS) is 12.6. The van der Waals surface area contributed by atoms with Gasteiger partial charge in [0, 0.05) is 16.7 Å². The van der Waals surface area contributed by atoms with Crippen LogP contribution in [0.2, 0.25) is 5.02 Å². The van der Waals surface area contributed by atoms with E-state index in [0.29, 0.717) is 22.2 Å². The molecule has 0 aliphatic rings. The second-order valence-electron chi connectivity index (χ2n) is 9.17. The van der Waals surface area contributed by atoms with Gasteiger partial charge in [-0.1, -0.05) is 56.6 Å². The molecule has 0 aliphatic heterocycles. The molecule has 34 heavy (non-hydrogen) atoms. The number of fused-ring (bicyclic) bond motifs is 1. The van der Waals surface area contributed by atoms with Crippen LogP contribution in [0.15, 0.2) is 48.5 Å². The van der Waals surface area contributed by atoms with Crippen LogP contribution in [0.4, 0.5) is 5.95 Å². The van der Waals surface area contributed by atoms with Crippen molar-refractivity contribution in [2.24, 2.45) is 0 Å². The highest BCUT2D eigenvalue weighted by atomic mass is 35.5. The molecule has 0 saturated carbocycles. The zero-order chi connectivity index (χ0) is 24.5. The summed E-state index contributed by atoms with van der Waals surface area (Å²) in [5.74, 6) is 1.60. The van der Waals surface area contributed by atoms with Crippen LogP contribution < -0.4 is 15.2 Å². The first-order valence-electron chi connectivity index (χ1n) is 10.9. The number of hydrogen-bond donors (Lipinski definition) is 2. The first kappa shape index (κ1) is 23.8. The van der Waals surface area contributed by atoms with Gasteiger partial charge in [-0.05, 0) is 41.7 Å². The second-order valence-corrected chi connectivity index (χ2v) is 9.58. The van der Waals surface area contributed by atoms with Gasteiger partial charge in [-0.2, -0.15) is 9.50 Å². The lowest BCUT2D eigenvalue weighted by molar-refractivity contribution is 0.0609. The predicted molar refractivity (Wildman–Crippen MR) is 133 cm³/mol. The van der Waals surface area contributed by atoms with Gasteiger partial charge in [0.2, 0.25) is 11.8 Å². The quantitative estimate of drug-likeness (QED) is 0.401. The van der Waals surface area contributed by atoms with E-state index < -0.39 is 6.10 Å². The van der Waals surface area contributed by atoms with Crippen LogP contribution in [0, 0.1) is 6.92 Å². The van der Waals surface area contributed by atoms with Crippen molar-refractivity contribution >= 4 is 23.2 Å². The number of aliphatic hydroxyl groups is 1. The minimum Gasteiger partial charge on any atom is -0.491 e. The highest BCUT2D eigenvalue weighted by Crippen LogP contribution is 2.26. The van der Waals surface area contributed by atoms with Crippen molar-refractivity contribution in [3.63, 3.8) is 0 Å². The summed E-state index contributed by atoms with van der Waals surface area (Å²) < 4.78 is 12.6. The summed E-state index contributed by atoms with van der Waals surface area (Å²) in [6, 6.07) is 15.1. The smallest absolute Gasteiger partial charge is 0.235 e. The molecule has 9 heteroatoms. The molecule has 4 rings (SSSR count). The summed E-state index contributed by atoms with van der Waals surface area (Å²) in [5, 5.41) is 15.2. The lowest BCUT2D eigenvalue weighted by Crippen LogP contribution is -2.25. The Hall–Kier alpha value is -3.36. The van der Waals surface area contributed by atoms with Crippen LogP contribution in [0.5, 0.6) is 11.6 Å². The summed E-state index contributed by atoms with van der Waals surface area (Å²) in [4.78, 5) is 8.95. The number of halogens is 1. The molecule has 2 heterocycles. The summed E-state index contributed by atoms with van der Waals surface area (Å²) in [7, 11) is 0. The van der Waals surface area contributed by atoms with Gasteiger partial charge in [-0.3, -0.25) is 0 Å². The molecule has 1 unspecified atom stereocenters. The lowest BCUT2D eigenvalue weighted by Gasteiger charge is -2.19. The van der Waals surface area contributed by atoms with Crippen molar-refractivity contribution in [3.05, 3.63) is 64.7 Å². The summed E-state index contributed by atoms with van der Waals surface area (Å²) >= 11 is 6.02. The molecule has 0 spiro atoms. The number of aryl methyl sites for hydroxylation is 1. The standard InChI is InChI=1S/C25H28ClN5O3/c1-15-11-19(9-10-20(15)26)33-13-18(32)14-34-22-12-21-28-23(29-24(27)31(21)30-22)16-5-7-17(8-6-16)25(2,3)4/h5-12,18,32H,13-14H2,1-4H3,(H2,27,28,29). The summed E-state index contributed by atoms with van der Waals surface area (Å²) in [6.45, 7) is 8.43. The Bertz CT molecular complexity index is 1300. The maximum absolute atomic E-state index is 10.2. The van der Waals surface area contributed by atoms with Crippen molar-refractivity contribution in [1.82, 2.24) is 19.6 Å². The van der Waals surface area contributed by atoms with Crippen molar-refractivity contribution in [1.29, 1.82) is 0 Å². The molecule has 0 aliphatic carbocycles. The topological polar surface area (TPSA) is 108 Å². The van der Waals surface area contributed by atoms with Crippen molar-refractivity contribution in [2.75, 3.05) is 18.9 Å². The summed E-state index contributed by atoms with van der Waals surface area (Å²) in [5.41, 5.74) is 9.65. The first-order valence-corrected chi connectivity index (χ1v) is 11.3. The fourth-order valence-electron chi connectivity index (χ4n) is 3.34. The Morgan fingerprint density at radius 3 is 2.41 bits per heavy atom. The van der Waals surface area contributed by atoms with Crippen molar-refractivity contribution in [3.8, 4) is 23.0 Å². The number of rotatable bonds is 7. The van der Waals surface area contributed by atoms with E-state index in [0.717, 1.165) is 11.1 Å². The SMILES string of the molecule is Cc1cc(OCC(O)COc2cc3nc(-c4ccc(C(C)(C)C)cc4)nc(N)n3n2)ccc1Cl. The van der Waals surface area contributed by atoms with E-state index in [4.69, 9.17) is 26.8 Å². The molecule has 2 aromatic heterocycles. The molecule has 178 valence electrons. The van der Waals surface area contributed by atoms with Crippen LogP contribution in [0.3, 0.4) is 0 Å². The molecule has 1 atom stereocenters. The van der Waals surface area contributed by atoms with E-state index in [2.05, 4.69) is 48.0 Å². The Kier molecular flexibility index (Phi) is 6.63. The van der Waals surface area contributed by atoms with Crippen LogP contribution in [-0.2, 0) is 5.41 Å². The average Bonchev–Trinajstić information content (AvgIpc) is 3.22. The molecule has 0 fully saturated rings. The van der Waals surface area contributed by atoms with E-state index in [1.807, 2.05) is 25.1 Å². The van der Waals surface area contributed by atoms with Gasteiger partial charge in [-0.25, -0.2) is 4.98 Å². The van der Waals surface area contributed by atoms with Gasteiger partial charge >= 0.3 is 0 Å². The fraction of sp³-hybridized carbons (Fsp3) is 0.320. The number of nitrogens with zero attached hydrogens (tertiary/aromatic N) is 4. The third kappa shape index (κ3) is 5.40. The van der Waals surface area contributed by atoms with E-state index >= 15 is 0 Å². The van der Waals surface area contributed by atoms with Gasteiger partial charge < -0.3 is 20.3 Å². The van der Waals surface area contributed by atoms with Crippen molar-refractivity contribution in [2.45, 2.75) is 39.2 Å². The fourth-order valence-corrected chi connectivity index (χ4v) is 3.45. The van der Waals surface area contributed by atoms with Gasteiger partial charge in [0.15, 0.2) is 11.5 Å². The molecule has 8 nitrogen and oxygen atoms in total. The number of aliphatic hydroxyl groups excluding tert-OH is 1. The Labute approximate surface area is 203 Å². The number of ether oxygens (including phenoxy) is 2. The maximum atomic E-state index is 10.2. The van der Waals surface area contributed by atoms with Crippen molar-refractivity contribution < 1.29 is 14.6 Å². The van der Waals surface area contributed by atoms with E-state index in [1.165, 1.54) is 10.1 Å². The monoisotopic (exact) mass is 481 g/mol. The van der Waals surface area contributed by atoms with E-state index in [1.54, 1.807) is 18.2 Å². The van der Waals surface area contributed by atoms with Gasteiger partial charge in [-0.15, -0.1) is 5.10 Å². The highest BCUT2D eigenvalue weighted by molar-refractivity contribution is 6.31. The van der Waals surface area contributed by atoms with E-state index in [9.17, 15) is 5.11 Å². The molecule has 2 aromatic carbocycles. The number of anilines is 1. The molecular formula is C25H28ClN5O3. The van der Waals surface area contributed by atoms with Crippen LogP contribution in [-0.4, -0.2) is 44.0 Å². The minimum atomic E-state index is -0.860. The van der Waals surface area contributed by atoms with Crippen LogP contribution in [0.1, 0.15) is 31.9 Å². The second kappa shape index (κ2) is 9.48. The maximum Gasteiger partial charge on any atom is 0.235 e. The number of nitrogens with two attached hydrogens (primary N) is 1. The Morgan fingerprint density at radius 2 is 1.74 bits per heavy atom. The van der Waals surface area contributed by atoms with Gasteiger partial charge in [0.25, 0.3) is 0 Å². The lowest BCUT2D eigenvalue weighted by atomic mass is 9.87. The molecule has 0 saturated heterocycles. The molecular weight excluding hydrogens is 454 g/mol. The third-order valence-corrected chi connectivity index (χ3v) is 5.75. The van der Waals surface area contributed by atoms with Crippen LogP contribution >= 0.6 is 11.6 Å². The Balaban J connectivity index is 1.42. The Morgan fingerprint density at radius 1 is 1.03 bits per heavy atom. The molecule has 0 amide bonds. The van der Waals surface area contributed by atoms with Gasteiger partial charge in [0.1, 0.15) is 25.1 Å². The number of nitrogen functional groups attached to an aromatic ring is 1. The molecule has 3 N–H and O–H groups in total. The number of benzene rings is 2. The van der Waals surface area contributed by atoms with Gasteiger partial charge in [0.05, 0.1) is 0 Å².